The number of methoxy groups -OCH3 is 1. The first-order chi connectivity index (χ1) is 16.8. The number of nitrogens with zero attached hydrogens (tertiary/aromatic N) is 4. The normalized spacial score (nSPS) is 14.3. The molecule has 34 heavy (non-hydrogen) atoms. The molecule has 3 aliphatic rings. The molecule has 0 saturated heterocycles. The van der Waals surface area contributed by atoms with Gasteiger partial charge in [-0.2, -0.15) is 0 Å². The Morgan fingerprint density at radius 3 is 2.56 bits per heavy atom. The van der Waals surface area contributed by atoms with Crippen LogP contribution in [0.4, 0.5) is 11.4 Å². The van der Waals surface area contributed by atoms with Crippen LogP contribution in [0.3, 0.4) is 0 Å². The van der Waals surface area contributed by atoms with E-state index < -0.39 is 0 Å². The number of pyridine rings is 1. The number of nitrogens with one attached hydrogen (secondary N) is 1. The highest BCUT2D eigenvalue weighted by Crippen LogP contribution is 2.32. The topological polar surface area (TPSA) is 64.3 Å². The van der Waals surface area contributed by atoms with Crippen molar-refractivity contribution in [3.8, 4) is 23.0 Å². The number of rotatable bonds is 5. The summed E-state index contributed by atoms with van der Waals surface area (Å²) in [5, 5.41) is 4.44. The Morgan fingerprint density at radius 2 is 1.76 bits per heavy atom. The van der Waals surface area contributed by atoms with Gasteiger partial charge in [0.15, 0.2) is 0 Å². The van der Waals surface area contributed by atoms with Gasteiger partial charge in [0.25, 0.3) is 0 Å². The molecule has 3 aromatic rings. The highest BCUT2D eigenvalue weighted by atomic mass is 16.5. The maximum Gasteiger partial charge on any atom is 0.237 e. The van der Waals surface area contributed by atoms with E-state index in [4.69, 9.17) is 14.7 Å². The Bertz CT molecular complexity index is 1500. The molecule has 6 rings (SSSR count). The smallest absolute Gasteiger partial charge is 0.237 e. The maximum absolute atomic E-state index is 5.47. The molecule has 2 heterocycles. The van der Waals surface area contributed by atoms with Gasteiger partial charge in [0.05, 0.1) is 46.6 Å². The minimum absolute atomic E-state index is 0.354. The summed E-state index contributed by atoms with van der Waals surface area (Å²) in [6, 6.07) is 27.1. The SMILES string of the molecule is COc1ncccc1Nc1cc2nc3ccccc3n(-c3ccccc3)c-2c/c1=N\C1CCC1. The van der Waals surface area contributed by atoms with Crippen LogP contribution < -0.4 is 15.4 Å². The summed E-state index contributed by atoms with van der Waals surface area (Å²) < 4.78 is 7.74. The van der Waals surface area contributed by atoms with Gasteiger partial charge in [-0.3, -0.25) is 4.99 Å². The van der Waals surface area contributed by atoms with Gasteiger partial charge < -0.3 is 14.6 Å². The van der Waals surface area contributed by atoms with E-state index in [9.17, 15) is 0 Å². The fourth-order valence-corrected chi connectivity index (χ4v) is 4.41. The molecule has 0 atom stereocenters. The second-order valence-electron chi connectivity index (χ2n) is 8.53. The van der Waals surface area contributed by atoms with Crippen molar-refractivity contribution in [1.29, 1.82) is 0 Å². The lowest BCUT2D eigenvalue weighted by molar-refractivity contribution is 0.400. The van der Waals surface area contributed by atoms with Crippen LogP contribution in [0.25, 0.3) is 28.1 Å². The van der Waals surface area contributed by atoms with E-state index in [1.807, 2.05) is 24.3 Å². The zero-order valence-electron chi connectivity index (χ0n) is 19.0. The molecular weight excluding hydrogens is 422 g/mol. The van der Waals surface area contributed by atoms with Gasteiger partial charge in [-0.25, -0.2) is 9.97 Å². The standard InChI is InChI=1S/C28H25N5O/c1-34-28-22(14-8-16-29-28)32-23-17-25-27(18-24(23)30-19-9-7-10-19)33(20-11-3-2-4-12-20)26-15-6-5-13-21(26)31-25/h2-6,8,11-19,32H,7,9-10H2,1H3/b30-24+. The molecule has 2 aromatic carbocycles. The average molecular weight is 448 g/mol. The molecule has 1 aliphatic heterocycles. The fourth-order valence-electron chi connectivity index (χ4n) is 4.41. The number of para-hydroxylation sites is 3. The van der Waals surface area contributed by atoms with Crippen LogP contribution in [0.2, 0.25) is 0 Å². The molecule has 0 radical (unpaired) electrons. The van der Waals surface area contributed by atoms with E-state index in [-0.39, 0.29) is 0 Å². The van der Waals surface area contributed by atoms with Gasteiger partial charge in [0.2, 0.25) is 5.88 Å². The number of fused-ring (bicyclic) bond motifs is 2. The first-order valence-electron chi connectivity index (χ1n) is 11.6. The van der Waals surface area contributed by atoms with Crippen molar-refractivity contribution in [3.63, 3.8) is 0 Å². The number of aromatic nitrogens is 3. The number of anilines is 2. The van der Waals surface area contributed by atoms with Crippen molar-refractivity contribution >= 4 is 22.4 Å². The Labute approximate surface area is 198 Å². The molecule has 0 spiro atoms. The molecule has 1 fully saturated rings. The lowest BCUT2D eigenvalue weighted by atomic mass is 9.94. The van der Waals surface area contributed by atoms with E-state index in [1.54, 1.807) is 13.3 Å². The summed E-state index contributed by atoms with van der Waals surface area (Å²) >= 11 is 0. The van der Waals surface area contributed by atoms with Crippen LogP contribution >= 0.6 is 0 Å². The first-order valence-corrected chi connectivity index (χ1v) is 11.6. The van der Waals surface area contributed by atoms with Gasteiger partial charge in [0.1, 0.15) is 5.69 Å². The summed E-state index contributed by atoms with van der Waals surface area (Å²) in [4.78, 5) is 14.5. The van der Waals surface area contributed by atoms with Crippen molar-refractivity contribution in [2.75, 3.05) is 12.4 Å². The van der Waals surface area contributed by atoms with Gasteiger partial charge in [0, 0.05) is 11.9 Å². The predicted molar refractivity (Wildman–Crippen MR) is 135 cm³/mol. The number of hydrogen-bond acceptors (Lipinski definition) is 5. The summed E-state index contributed by atoms with van der Waals surface area (Å²) in [7, 11) is 1.63. The minimum Gasteiger partial charge on any atom is -0.480 e. The largest absolute Gasteiger partial charge is 0.480 e. The molecular formula is C28H25N5O. The Kier molecular flexibility index (Phi) is 5.18. The highest BCUT2D eigenvalue weighted by Gasteiger charge is 2.20. The lowest BCUT2D eigenvalue weighted by Crippen LogP contribution is -2.22. The number of ether oxygens (including phenoxy) is 1. The molecule has 6 heteroatoms. The van der Waals surface area contributed by atoms with E-state index >= 15 is 0 Å². The molecule has 1 saturated carbocycles. The first kappa shape index (κ1) is 20.4. The Morgan fingerprint density at radius 1 is 0.941 bits per heavy atom. The zero-order valence-corrected chi connectivity index (χ0v) is 19.0. The quantitative estimate of drug-likeness (QED) is 0.350. The van der Waals surface area contributed by atoms with Crippen LogP contribution in [0.15, 0.2) is 90.1 Å². The fraction of sp³-hybridized carbons (Fsp3) is 0.179. The van der Waals surface area contributed by atoms with E-state index in [0.717, 1.165) is 57.7 Å². The average Bonchev–Trinajstić information content (AvgIpc) is 2.86. The third-order valence-electron chi connectivity index (χ3n) is 6.34. The van der Waals surface area contributed by atoms with Gasteiger partial charge >= 0.3 is 0 Å². The molecule has 0 bridgehead atoms. The van der Waals surface area contributed by atoms with Crippen LogP contribution in [-0.2, 0) is 0 Å². The summed E-state index contributed by atoms with van der Waals surface area (Å²) in [5.41, 5.74) is 6.69. The zero-order chi connectivity index (χ0) is 22.9. The number of hydrogen-bond donors (Lipinski definition) is 1. The van der Waals surface area contributed by atoms with Crippen LogP contribution in [0.1, 0.15) is 19.3 Å². The van der Waals surface area contributed by atoms with Gasteiger partial charge in [-0.15, -0.1) is 0 Å². The molecule has 2 aliphatic carbocycles. The van der Waals surface area contributed by atoms with Crippen molar-refractivity contribution in [2.45, 2.75) is 25.3 Å². The minimum atomic E-state index is 0.354. The van der Waals surface area contributed by atoms with E-state index in [0.29, 0.717) is 11.9 Å². The molecule has 0 unspecified atom stereocenters. The summed E-state index contributed by atoms with van der Waals surface area (Å²) in [6.07, 6.45) is 5.21. The third kappa shape index (κ3) is 3.67. The van der Waals surface area contributed by atoms with Crippen molar-refractivity contribution in [3.05, 3.63) is 90.4 Å². The van der Waals surface area contributed by atoms with E-state index in [1.165, 1.54) is 6.42 Å². The number of benzene rings is 3. The summed E-state index contributed by atoms with van der Waals surface area (Å²) in [5.74, 6) is 0.544. The molecule has 168 valence electrons. The van der Waals surface area contributed by atoms with Crippen molar-refractivity contribution in [2.24, 2.45) is 4.99 Å². The molecule has 1 N–H and O–H groups in total. The maximum atomic E-state index is 5.47. The second-order valence-corrected chi connectivity index (χ2v) is 8.53. The van der Waals surface area contributed by atoms with Gasteiger partial charge in [-0.05, 0) is 67.8 Å². The molecule has 6 nitrogen and oxygen atoms in total. The van der Waals surface area contributed by atoms with Crippen molar-refractivity contribution in [1.82, 2.24) is 14.5 Å². The summed E-state index contributed by atoms with van der Waals surface area (Å²) in [6.45, 7) is 0. The van der Waals surface area contributed by atoms with Gasteiger partial charge in [-0.1, -0.05) is 30.3 Å². The molecule has 0 amide bonds. The third-order valence-corrected chi connectivity index (χ3v) is 6.34. The lowest BCUT2D eigenvalue weighted by Gasteiger charge is -2.23. The van der Waals surface area contributed by atoms with Crippen molar-refractivity contribution < 1.29 is 4.74 Å². The Balaban J connectivity index is 1.63. The predicted octanol–water partition coefficient (Wildman–Crippen LogP) is 5.73. The monoisotopic (exact) mass is 447 g/mol. The highest BCUT2D eigenvalue weighted by molar-refractivity contribution is 5.84. The van der Waals surface area contributed by atoms with Crippen LogP contribution in [0, 0.1) is 0 Å². The molecule has 1 aromatic heterocycles. The van der Waals surface area contributed by atoms with E-state index in [2.05, 4.69) is 69.5 Å². The van der Waals surface area contributed by atoms with Crippen LogP contribution in [-0.4, -0.2) is 27.7 Å². The Hall–Kier alpha value is -4.19. The second kappa shape index (κ2) is 8.63. The van der Waals surface area contributed by atoms with Crippen LogP contribution in [0.5, 0.6) is 5.88 Å².